The van der Waals surface area contributed by atoms with Gasteiger partial charge in [-0.3, -0.25) is 28.3 Å². The molecule has 1 fully saturated rings. The molecule has 2 N–H and O–H groups in total. The lowest BCUT2D eigenvalue weighted by molar-refractivity contribution is -0.138. The zero-order valence-corrected chi connectivity index (χ0v) is 28.6. The van der Waals surface area contributed by atoms with Crippen molar-refractivity contribution in [2.24, 2.45) is 5.92 Å². The van der Waals surface area contributed by atoms with E-state index in [0.29, 0.717) is 23.9 Å². The molecule has 15 heteroatoms. The van der Waals surface area contributed by atoms with Crippen LogP contribution in [0.25, 0.3) is 11.4 Å². The lowest BCUT2D eigenvalue weighted by Crippen LogP contribution is -2.34. The van der Waals surface area contributed by atoms with Gasteiger partial charge in [-0.25, -0.2) is 0 Å². The molecule has 0 radical (unpaired) electrons. The van der Waals surface area contributed by atoms with Gasteiger partial charge in [-0.2, -0.15) is 26.3 Å². The number of hydrogen-bond acceptors (Lipinski definition) is 5. The number of hydrogen-bond donors (Lipinski definition) is 2. The summed E-state index contributed by atoms with van der Waals surface area (Å²) >= 11 is 1.47. The number of rotatable bonds is 8. The molecule has 0 spiro atoms. The Morgan fingerprint density at radius 3 is 1.60 bits per heavy atom. The molecule has 8 nitrogen and oxygen atoms in total. The summed E-state index contributed by atoms with van der Waals surface area (Å²) in [7, 11) is 0. The van der Waals surface area contributed by atoms with E-state index in [2.05, 4.69) is 10.6 Å². The first-order chi connectivity index (χ1) is 24.5. The van der Waals surface area contributed by atoms with Crippen LogP contribution in [0, 0.1) is 19.8 Å². The van der Waals surface area contributed by atoms with E-state index in [1.807, 2.05) is 17.5 Å². The Balaban J connectivity index is 0.000000202. The Kier molecular flexibility index (Phi) is 11.2. The summed E-state index contributed by atoms with van der Waals surface area (Å²) in [5.74, 6) is -0.619. The van der Waals surface area contributed by atoms with Gasteiger partial charge in [0.15, 0.2) is 0 Å². The highest BCUT2D eigenvalue weighted by molar-refractivity contribution is 7.09. The fourth-order valence-electron chi connectivity index (χ4n) is 5.22. The molecule has 0 atom stereocenters. The number of aryl methyl sites for hydroxylation is 2. The van der Waals surface area contributed by atoms with Crippen LogP contribution in [0.15, 0.2) is 99.9 Å². The van der Waals surface area contributed by atoms with Gasteiger partial charge in [0.2, 0.25) is 0 Å². The van der Waals surface area contributed by atoms with Gasteiger partial charge in [0.05, 0.1) is 17.7 Å². The molecule has 6 rings (SSSR count). The monoisotopic (exact) mass is 742 g/mol. The minimum Gasteiger partial charge on any atom is -0.352 e. The van der Waals surface area contributed by atoms with Gasteiger partial charge in [-0.1, -0.05) is 18.2 Å². The number of alkyl halides is 6. The molecule has 0 unspecified atom stereocenters. The summed E-state index contributed by atoms with van der Waals surface area (Å²) in [4.78, 5) is 51.0. The fourth-order valence-corrected chi connectivity index (χ4v) is 5.87. The molecule has 2 amide bonds. The Hall–Kier alpha value is -5.44. The zero-order chi connectivity index (χ0) is 37.8. The number of thiophene rings is 1. The van der Waals surface area contributed by atoms with E-state index >= 15 is 0 Å². The summed E-state index contributed by atoms with van der Waals surface area (Å²) in [5.41, 5.74) is -2.21. The molecule has 0 bridgehead atoms. The summed E-state index contributed by atoms with van der Waals surface area (Å²) in [6.07, 6.45) is -6.92. The van der Waals surface area contributed by atoms with Gasteiger partial charge < -0.3 is 10.6 Å². The number of carbonyl (C=O) groups excluding carboxylic acids is 2. The Labute approximate surface area is 297 Å². The van der Waals surface area contributed by atoms with E-state index < -0.39 is 46.4 Å². The van der Waals surface area contributed by atoms with E-state index in [1.165, 1.54) is 53.8 Å². The van der Waals surface area contributed by atoms with Crippen LogP contribution in [-0.4, -0.2) is 27.5 Å². The van der Waals surface area contributed by atoms with Crippen molar-refractivity contribution in [3.8, 4) is 11.4 Å². The molecule has 0 aliphatic heterocycles. The number of nitrogens with one attached hydrogen (secondary N) is 2. The first-order valence-electron chi connectivity index (χ1n) is 15.9. The number of carbonyl (C=O) groups is 2. The molecular formula is C37H32F6N4O4S. The maximum atomic E-state index is 13.0. The van der Waals surface area contributed by atoms with Gasteiger partial charge >= 0.3 is 12.4 Å². The first kappa shape index (κ1) is 37.8. The number of pyridine rings is 2. The minimum absolute atomic E-state index is 0.0558. The van der Waals surface area contributed by atoms with Crippen molar-refractivity contribution in [3.05, 3.63) is 150 Å². The Morgan fingerprint density at radius 2 is 1.17 bits per heavy atom. The minimum atomic E-state index is -4.52. The van der Waals surface area contributed by atoms with Crippen LogP contribution in [0.1, 0.15) is 60.9 Å². The van der Waals surface area contributed by atoms with Gasteiger partial charge in [-0.05, 0) is 105 Å². The van der Waals surface area contributed by atoms with E-state index in [1.54, 1.807) is 19.9 Å². The lowest BCUT2D eigenvalue weighted by Gasteiger charge is -2.14. The zero-order valence-electron chi connectivity index (χ0n) is 27.8. The summed E-state index contributed by atoms with van der Waals surface area (Å²) in [6, 6.07) is 18.5. The maximum absolute atomic E-state index is 13.0. The summed E-state index contributed by atoms with van der Waals surface area (Å²) in [6.45, 7) is 3.98. The molecule has 0 saturated heterocycles. The second-order valence-corrected chi connectivity index (χ2v) is 13.1. The maximum Gasteiger partial charge on any atom is 0.416 e. The van der Waals surface area contributed by atoms with Crippen LogP contribution in [0.3, 0.4) is 0 Å². The Bertz CT molecular complexity index is 2200. The van der Waals surface area contributed by atoms with E-state index in [0.717, 1.165) is 51.1 Å². The third-order valence-corrected chi connectivity index (χ3v) is 9.04. The standard InChI is InChI=1S/C19H15F3N2O2S.C18H17F3N2O2/c1-12-7-8-16(17(25)23-11-15-6-3-9-27-15)18(26)24(12)14-5-2-4-13(10-14)19(20,21)22;1-11-5-8-15(16(24)22-10-12-6-7-12)17(25)23(11)14-4-2-3-13(9-14)18(19,20)21/h2-10H,11H2,1H3,(H,23,25);2-5,8-9,12H,6-7,10H2,1H3,(H,22,24). The molecule has 2 aromatic carbocycles. The van der Waals surface area contributed by atoms with Crippen LogP contribution in [0.5, 0.6) is 0 Å². The van der Waals surface area contributed by atoms with E-state index in [-0.39, 0.29) is 29.0 Å². The van der Waals surface area contributed by atoms with Gasteiger partial charge in [0.1, 0.15) is 11.1 Å². The van der Waals surface area contributed by atoms with E-state index in [9.17, 15) is 45.5 Å². The highest BCUT2D eigenvalue weighted by Gasteiger charge is 2.32. The number of nitrogens with zero attached hydrogens (tertiary/aromatic N) is 2. The van der Waals surface area contributed by atoms with Crippen molar-refractivity contribution in [3.63, 3.8) is 0 Å². The third kappa shape index (κ3) is 9.07. The average molecular weight is 743 g/mol. The van der Waals surface area contributed by atoms with Crippen molar-refractivity contribution in [2.45, 2.75) is 45.6 Å². The molecule has 1 aliphatic carbocycles. The largest absolute Gasteiger partial charge is 0.416 e. The van der Waals surface area contributed by atoms with Gasteiger partial charge in [-0.15, -0.1) is 11.3 Å². The number of aromatic nitrogens is 2. The second-order valence-electron chi connectivity index (χ2n) is 12.1. The highest BCUT2D eigenvalue weighted by Crippen LogP contribution is 2.31. The van der Waals surface area contributed by atoms with Crippen molar-refractivity contribution >= 4 is 23.2 Å². The number of benzene rings is 2. The van der Waals surface area contributed by atoms with Crippen LogP contribution >= 0.6 is 11.3 Å². The predicted molar refractivity (Wildman–Crippen MR) is 184 cm³/mol. The quantitative estimate of drug-likeness (QED) is 0.161. The number of halogens is 6. The van der Waals surface area contributed by atoms with Crippen molar-refractivity contribution in [2.75, 3.05) is 6.54 Å². The normalized spacial score (nSPS) is 12.8. The van der Waals surface area contributed by atoms with Gasteiger partial charge in [0.25, 0.3) is 22.9 Å². The van der Waals surface area contributed by atoms with Gasteiger partial charge in [0, 0.05) is 34.2 Å². The van der Waals surface area contributed by atoms with Crippen LogP contribution in [-0.2, 0) is 18.9 Å². The molecule has 3 heterocycles. The van der Waals surface area contributed by atoms with Crippen LogP contribution < -0.4 is 21.8 Å². The number of amides is 2. The first-order valence-corrected chi connectivity index (χ1v) is 16.8. The molecule has 52 heavy (non-hydrogen) atoms. The predicted octanol–water partition coefficient (Wildman–Crippen LogP) is 7.46. The molecule has 272 valence electrons. The summed E-state index contributed by atoms with van der Waals surface area (Å²) in [5, 5.41) is 7.23. The SMILES string of the molecule is Cc1ccc(C(=O)NCC2CC2)c(=O)n1-c1cccc(C(F)(F)F)c1.Cc1ccc(C(=O)NCc2cccs2)c(=O)n1-c1cccc(C(F)(F)F)c1. The molecule has 1 saturated carbocycles. The van der Waals surface area contributed by atoms with Crippen LogP contribution in [0.2, 0.25) is 0 Å². The summed E-state index contributed by atoms with van der Waals surface area (Å²) < 4.78 is 79.9. The lowest BCUT2D eigenvalue weighted by atomic mass is 10.1. The Morgan fingerprint density at radius 1 is 0.692 bits per heavy atom. The molecule has 1 aliphatic rings. The van der Waals surface area contributed by atoms with Crippen LogP contribution in [0.4, 0.5) is 26.3 Å². The van der Waals surface area contributed by atoms with Crippen molar-refractivity contribution in [1.82, 2.24) is 19.8 Å². The smallest absolute Gasteiger partial charge is 0.352 e. The second kappa shape index (κ2) is 15.4. The van der Waals surface area contributed by atoms with Crippen molar-refractivity contribution in [1.29, 1.82) is 0 Å². The molecule has 3 aromatic heterocycles. The highest BCUT2D eigenvalue weighted by atomic mass is 32.1. The third-order valence-electron chi connectivity index (χ3n) is 8.16. The van der Waals surface area contributed by atoms with E-state index in [4.69, 9.17) is 0 Å². The molecule has 5 aromatic rings. The topological polar surface area (TPSA) is 102 Å². The fraction of sp³-hybridized carbons (Fsp3) is 0.243. The molecular weight excluding hydrogens is 710 g/mol. The average Bonchev–Trinajstić information content (AvgIpc) is 3.77. The van der Waals surface area contributed by atoms with Crippen molar-refractivity contribution < 1.29 is 35.9 Å².